The number of nitrogens with zero attached hydrogens (tertiary/aromatic N) is 1. The zero-order valence-corrected chi connectivity index (χ0v) is 13.6. The summed E-state index contributed by atoms with van der Waals surface area (Å²) in [6.45, 7) is 1.77. The molecule has 3 rings (SSSR count). The van der Waals surface area contributed by atoms with Gasteiger partial charge >= 0.3 is 0 Å². The third-order valence-electron chi connectivity index (χ3n) is 3.46. The van der Waals surface area contributed by atoms with Crippen LogP contribution in [0.5, 0.6) is 0 Å². The second-order valence-electron chi connectivity index (χ2n) is 4.80. The summed E-state index contributed by atoms with van der Waals surface area (Å²) in [4.78, 5) is 17.0. The molecule has 20 heavy (non-hydrogen) atoms. The van der Waals surface area contributed by atoms with E-state index in [9.17, 15) is 4.79 Å². The van der Waals surface area contributed by atoms with Crippen LogP contribution in [0.3, 0.4) is 0 Å². The van der Waals surface area contributed by atoms with Gasteiger partial charge in [0, 0.05) is 33.8 Å². The van der Waals surface area contributed by atoms with Crippen molar-refractivity contribution in [3.8, 4) is 0 Å². The lowest BCUT2D eigenvalue weighted by Crippen LogP contribution is -2.33. The first kappa shape index (κ1) is 14.2. The average Bonchev–Trinajstić information content (AvgIpc) is 3.09. The normalized spacial score (nSPS) is 19.8. The molecule has 1 saturated heterocycles. The van der Waals surface area contributed by atoms with Gasteiger partial charge in [-0.05, 0) is 29.3 Å². The topological polar surface area (TPSA) is 20.3 Å². The highest BCUT2D eigenvalue weighted by molar-refractivity contribution is 7.99. The Labute approximate surface area is 131 Å². The second kappa shape index (κ2) is 6.78. The molecule has 1 amide bonds. The van der Waals surface area contributed by atoms with Gasteiger partial charge in [-0.1, -0.05) is 12.1 Å². The third kappa shape index (κ3) is 3.45. The Morgan fingerprint density at radius 2 is 2.05 bits per heavy atom. The lowest BCUT2D eigenvalue weighted by molar-refractivity contribution is -0.130. The maximum Gasteiger partial charge on any atom is 0.227 e. The standard InChI is InChI=1S/C15H17NOS3/c17-15(11-12-3-1-8-18-12)16-6-5-14(20-10-7-16)13-4-2-9-19-13/h1-4,8-9,14H,5-7,10-11H2. The maximum atomic E-state index is 12.3. The van der Waals surface area contributed by atoms with Crippen LogP contribution < -0.4 is 0 Å². The van der Waals surface area contributed by atoms with Crippen molar-refractivity contribution >= 4 is 40.3 Å². The van der Waals surface area contributed by atoms with Gasteiger partial charge in [0.2, 0.25) is 5.91 Å². The van der Waals surface area contributed by atoms with E-state index in [2.05, 4.69) is 17.5 Å². The fourth-order valence-corrected chi connectivity index (χ4v) is 5.33. The smallest absolute Gasteiger partial charge is 0.227 e. The highest BCUT2D eigenvalue weighted by Gasteiger charge is 2.22. The predicted octanol–water partition coefficient (Wildman–Crippen LogP) is 4.06. The molecule has 0 aromatic carbocycles. The van der Waals surface area contributed by atoms with Crippen LogP contribution in [0.25, 0.3) is 0 Å². The lowest BCUT2D eigenvalue weighted by atomic mass is 10.2. The first-order valence-corrected chi connectivity index (χ1v) is 9.59. The number of hydrogen-bond acceptors (Lipinski definition) is 4. The van der Waals surface area contributed by atoms with Crippen LogP contribution in [0, 0.1) is 0 Å². The molecule has 0 N–H and O–H groups in total. The van der Waals surface area contributed by atoms with Crippen LogP contribution in [-0.2, 0) is 11.2 Å². The molecular weight excluding hydrogens is 306 g/mol. The monoisotopic (exact) mass is 323 g/mol. The highest BCUT2D eigenvalue weighted by Crippen LogP contribution is 2.36. The van der Waals surface area contributed by atoms with Crippen LogP contribution in [0.1, 0.15) is 21.4 Å². The van der Waals surface area contributed by atoms with Gasteiger partial charge in [0.25, 0.3) is 0 Å². The molecule has 2 nitrogen and oxygen atoms in total. The minimum absolute atomic E-state index is 0.278. The van der Waals surface area contributed by atoms with Gasteiger partial charge < -0.3 is 4.90 Å². The van der Waals surface area contributed by atoms with Crippen molar-refractivity contribution in [2.45, 2.75) is 18.1 Å². The Hall–Kier alpha value is -0.780. The Morgan fingerprint density at radius 3 is 2.80 bits per heavy atom. The van der Waals surface area contributed by atoms with Gasteiger partial charge in [0.1, 0.15) is 0 Å². The van der Waals surface area contributed by atoms with Crippen LogP contribution in [0.15, 0.2) is 35.0 Å². The number of hydrogen-bond donors (Lipinski definition) is 0. The van der Waals surface area contributed by atoms with Gasteiger partial charge in [0.05, 0.1) is 6.42 Å². The molecule has 1 unspecified atom stereocenters. The fraction of sp³-hybridized carbons (Fsp3) is 0.400. The number of thioether (sulfide) groups is 1. The van der Waals surface area contributed by atoms with E-state index >= 15 is 0 Å². The average molecular weight is 324 g/mol. The number of thiophene rings is 2. The first-order valence-electron chi connectivity index (χ1n) is 6.78. The molecule has 1 aliphatic rings. The van der Waals surface area contributed by atoms with Crippen LogP contribution in [-0.4, -0.2) is 29.6 Å². The number of carbonyl (C=O) groups excluding carboxylic acids is 1. The number of carbonyl (C=O) groups is 1. The minimum Gasteiger partial charge on any atom is -0.342 e. The predicted molar refractivity (Wildman–Crippen MR) is 88.7 cm³/mol. The summed E-state index contributed by atoms with van der Waals surface area (Å²) in [7, 11) is 0. The number of amides is 1. The van der Waals surface area contributed by atoms with Crippen molar-refractivity contribution in [1.29, 1.82) is 0 Å². The molecule has 106 valence electrons. The van der Waals surface area contributed by atoms with E-state index in [1.807, 2.05) is 45.5 Å². The van der Waals surface area contributed by atoms with E-state index in [1.54, 1.807) is 11.3 Å². The van der Waals surface area contributed by atoms with Crippen molar-refractivity contribution in [3.05, 3.63) is 44.8 Å². The minimum atomic E-state index is 0.278. The summed E-state index contributed by atoms with van der Waals surface area (Å²) in [5, 5.41) is 4.74. The SMILES string of the molecule is O=C(Cc1cccs1)N1CCSC(c2cccs2)CC1. The van der Waals surface area contributed by atoms with Crippen molar-refractivity contribution in [2.24, 2.45) is 0 Å². The van der Waals surface area contributed by atoms with E-state index in [4.69, 9.17) is 0 Å². The Morgan fingerprint density at radius 1 is 1.20 bits per heavy atom. The van der Waals surface area contributed by atoms with Crippen LogP contribution >= 0.6 is 34.4 Å². The molecule has 0 aliphatic carbocycles. The van der Waals surface area contributed by atoms with E-state index in [0.29, 0.717) is 11.7 Å². The van der Waals surface area contributed by atoms with Gasteiger partial charge in [-0.3, -0.25) is 4.79 Å². The molecule has 1 fully saturated rings. The van der Waals surface area contributed by atoms with E-state index in [1.165, 1.54) is 9.75 Å². The molecule has 0 saturated carbocycles. The van der Waals surface area contributed by atoms with Crippen molar-refractivity contribution < 1.29 is 4.79 Å². The van der Waals surface area contributed by atoms with Crippen LogP contribution in [0.2, 0.25) is 0 Å². The zero-order valence-electron chi connectivity index (χ0n) is 11.2. The zero-order chi connectivity index (χ0) is 13.8. The molecule has 0 radical (unpaired) electrons. The highest BCUT2D eigenvalue weighted by atomic mass is 32.2. The van der Waals surface area contributed by atoms with Gasteiger partial charge in [-0.2, -0.15) is 11.8 Å². The molecule has 2 aromatic heterocycles. The molecule has 1 atom stereocenters. The molecule has 0 bridgehead atoms. The van der Waals surface area contributed by atoms with Crippen LogP contribution in [0.4, 0.5) is 0 Å². The van der Waals surface area contributed by atoms with E-state index in [0.717, 1.165) is 25.3 Å². The molecule has 3 heterocycles. The van der Waals surface area contributed by atoms with Gasteiger partial charge in [-0.25, -0.2) is 0 Å². The Kier molecular flexibility index (Phi) is 4.81. The second-order valence-corrected chi connectivity index (χ2v) is 8.12. The first-order chi connectivity index (χ1) is 9.83. The summed E-state index contributed by atoms with van der Waals surface area (Å²) in [6.07, 6.45) is 1.63. The molecule has 2 aromatic rings. The molecular formula is C15H17NOS3. The maximum absolute atomic E-state index is 12.3. The molecule has 5 heteroatoms. The summed E-state index contributed by atoms with van der Waals surface area (Å²) in [5.41, 5.74) is 0. The Bertz CT molecular complexity index is 535. The Balaban J connectivity index is 1.58. The summed E-state index contributed by atoms with van der Waals surface area (Å²) in [6, 6.07) is 8.39. The quantitative estimate of drug-likeness (QED) is 0.849. The lowest BCUT2D eigenvalue weighted by Gasteiger charge is -2.19. The third-order valence-corrected chi connectivity index (χ3v) is 6.78. The summed E-state index contributed by atoms with van der Waals surface area (Å²) >= 11 is 5.49. The van der Waals surface area contributed by atoms with Crippen molar-refractivity contribution in [2.75, 3.05) is 18.8 Å². The fourth-order valence-electron chi connectivity index (χ4n) is 2.40. The summed E-state index contributed by atoms with van der Waals surface area (Å²) in [5.74, 6) is 1.32. The largest absolute Gasteiger partial charge is 0.342 e. The van der Waals surface area contributed by atoms with Gasteiger partial charge in [-0.15, -0.1) is 22.7 Å². The van der Waals surface area contributed by atoms with E-state index in [-0.39, 0.29) is 5.91 Å². The van der Waals surface area contributed by atoms with Crippen molar-refractivity contribution in [1.82, 2.24) is 4.90 Å². The molecule has 0 spiro atoms. The molecule has 1 aliphatic heterocycles. The van der Waals surface area contributed by atoms with Crippen molar-refractivity contribution in [3.63, 3.8) is 0 Å². The number of rotatable bonds is 3. The summed E-state index contributed by atoms with van der Waals surface area (Å²) < 4.78 is 0. The van der Waals surface area contributed by atoms with E-state index < -0.39 is 0 Å². The van der Waals surface area contributed by atoms with Gasteiger partial charge in [0.15, 0.2) is 0 Å².